The van der Waals surface area contributed by atoms with Gasteiger partial charge in [0.2, 0.25) is 11.7 Å². The van der Waals surface area contributed by atoms with Gasteiger partial charge in [0.15, 0.2) is 0 Å². The minimum atomic E-state index is -0.745. The van der Waals surface area contributed by atoms with E-state index >= 15 is 0 Å². The molecule has 2 fully saturated rings. The summed E-state index contributed by atoms with van der Waals surface area (Å²) in [5.74, 6) is -0.602. The number of hydrogen-bond donors (Lipinski definition) is 1. The monoisotopic (exact) mass is 454 g/mol. The zero-order valence-corrected chi connectivity index (χ0v) is 18.5. The van der Waals surface area contributed by atoms with E-state index in [0.717, 1.165) is 11.3 Å². The Kier molecular flexibility index (Phi) is 5.79. The highest BCUT2D eigenvalue weighted by atomic mass is 19.1. The predicted molar refractivity (Wildman–Crippen MR) is 118 cm³/mol. The Labute approximate surface area is 191 Å². The van der Waals surface area contributed by atoms with Crippen LogP contribution in [0.4, 0.5) is 4.39 Å². The lowest BCUT2D eigenvalue weighted by molar-refractivity contribution is -0.135. The fraction of sp³-hybridized carbons (Fsp3) is 0.500. The van der Waals surface area contributed by atoms with Gasteiger partial charge < -0.3 is 10.2 Å². The number of nitrogens with one attached hydrogen (secondary N) is 1. The quantitative estimate of drug-likeness (QED) is 0.676. The average Bonchev–Trinajstić information content (AvgIpc) is 3.40. The molecule has 0 radical (unpaired) electrons. The van der Waals surface area contributed by atoms with Gasteiger partial charge in [-0.15, -0.1) is 5.10 Å². The number of nitrogens with zero attached hydrogens (tertiary/aromatic N) is 7. The minimum absolute atomic E-state index is 0.0344. The van der Waals surface area contributed by atoms with E-state index in [1.165, 1.54) is 6.33 Å². The Morgan fingerprint density at radius 3 is 2.76 bits per heavy atom. The highest BCUT2D eigenvalue weighted by Gasteiger charge is 2.40. The van der Waals surface area contributed by atoms with Gasteiger partial charge in [-0.05, 0) is 12.0 Å². The second-order valence-electron chi connectivity index (χ2n) is 8.82. The standard InChI is InChI=1S/C22H27FN8O2/c1-28-19-9-17(13-29-11-16(23)12-29)26-31(19)8-7-18(22(28)33)25-21(32)20-24-14-30(27-20)10-15-5-3-2-4-6-15/h2-6,14,16,18-19H,7-13H2,1H3,(H,25,32). The second kappa shape index (κ2) is 8.89. The Morgan fingerprint density at radius 2 is 2.00 bits per heavy atom. The van der Waals surface area contributed by atoms with Crippen LogP contribution in [0.15, 0.2) is 41.8 Å². The highest BCUT2D eigenvalue weighted by Crippen LogP contribution is 2.24. The van der Waals surface area contributed by atoms with Crippen LogP contribution in [0.3, 0.4) is 0 Å². The summed E-state index contributed by atoms with van der Waals surface area (Å²) in [5.41, 5.74) is 2.01. The smallest absolute Gasteiger partial charge is 0.291 e. The molecule has 2 saturated heterocycles. The lowest BCUT2D eigenvalue weighted by Crippen LogP contribution is -2.51. The molecule has 0 spiro atoms. The summed E-state index contributed by atoms with van der Waals surface area (Å²) in [4.78, 5) is 33.6. The summed E-state index contributed by atoms with van der Waals surface area (Å²) in [5, 5.41) is 13.6. The van der Waals surface area contributed by atoms with Crippen molar-refractivity contribution in [1.82, 2.24) is 34.9 Å². The maximum absolute atomic E-state index is 13.1. The molecule has 174 valence electrons. The van der Waals surface area contributed by atoms with Crippen molar-refractivity contribution in [3.63, 3.8) is 0 Å². The van der Waals surface area contributed by atoms with Gasteiger partial charge in [-0.3, -0.25) is 19.5 Å². The van der Waals surface area contributed by atoms with Crippen molar-refractivity contribution in [2.24, 2.45) is 5.10 Å². The lowest BCUT2D eigenvalue weighted by atomic mass is 10.1. The number of carbonyl (C=O) groups excluding carboxylic acids is 2. The molecular formula is C22H27FN8O2. The molecule has 3 aliphatic rings. The van der Waals surface area contributed by atoms with Crippen molar-refractivity contribution < 1.29 is 14.0 Å². The van der Waals surface area contributed by atoms with Gasteiger partial charge >= 0.3 is 0 Å². The number of aromatic nitrogens is 3. The number of alkyl halides is 1. The summed E-state index contributed by atoms with van der Waals surface area (Å²) in [6, 6.07) is 9.10. The largest absolute Gasteiger partial charge is 0.337 e. The topological polar surface area (TPSA) is 99.0 Å². The first-order valence-corrected chi connectivity index (χ1v) is 11.2. The molecule has 2 atom stereocenters. The molecule has 2 amide bonds. The lowest BCUT2D eigenvalue weighted by Gasteiger charge is -2.34. The number of fused-ring (bicyclic) bond motifs is 1. The molecule has 1 aromatic carbocycles. The average molecular weight is 455 g/mol. The van der Waals surface area contributed by atoms with E-state index in [-0.39, 0.29) is 17.9 Å². The summed E-state index contributed by atoms with van der Waals surface area (Å²) < 4.78 is 14.7. The van der Waals surface area contributed by atoms with Crippen LogP contribution < -0.4 is 5.32 Å². The molecule has 2 aromatic rings. The molecule has 3 aliphatic heterocycles. The van der Waals surface area contributed by atoms with Crippen LogP contribution in [0.1, 0.15) is 29.0 Å². The van der Waals surface area contributed by atoms with Gasteiger partial charge in [0.1, 0.15) is 24.7 Å². The summed E-state index contributed by atoms with van der Waals surface area (Å²) >= 11 is 0. The van der Waals surface area contributed by atoms with E-state index in [1.807, 2.05) is 40.2 Å². The molecular weight excluding hydrogens is 427 g/mol. The van der Waals surface area contributed by atoms with Crippen molar-refractivity contribution in [3.8, 4) is 0 Å². The van der Waals surface area contributed by atoms with Crippen LogP contribution in [0.5, 0.6) is 0 Å². The van der Waals surface area contributed by atoms with Crippen molar-refractivity contribution in [3.05, 3.63) is 48.0 Å². The number of rotatable bonds is 6. The number of likely N-dealkylation sites (tertiary alicyclic amines) is 1. The number of halogens is 1. The van der Waals surface area contributed by atoms with Crippen LogP contribution in [0.25, 0.3) is 0 Å². The van der Waals surface area contributed by atoms with E-state index in [1.54, 1.807) is 16.6 Å². The van der Waals surface area contributed by atoms with Crippen LogP contribution >= 0.6 is 0 Å². The third-order valence-corrected chi connectivity index (χ3v) is 6.32. The van der Waals surface area contributed by atoms with Crippen molar-refractivity contribution in [1.29, 1.82) is 0 Å². The van der Waals surface area contributed by atoms with Crippen LogP contribution in [-0.2, 0) is 11.3 Å². The van der Waals surface area contributed by atoms with Gasteiger partial charge in [0.25, 0.3) is 5.91 Å². The van der Waals surface area contributed by atoms with Crippen LogP contribution in [0, 0.1) is 0 Å². The molecule has 11 heteroatoms. The maximum atomic E-state index is 13.1. The number of likely N-dealkylation sites (N-methyl/N-ethyl adjacent to an activating group) is 1. The SMILES string of the molecule is CN1C(=O)C(NC(=O)c2ncn(Cc3ccccc3)n2)CCN2N=C(CN3CC(F)C3)CC21. The number of benzene rings is 1. The molecule has 5 rings (SSSR count). The molecule has 0 bridgehead atoms. The minimum Gasteiger partial charge on any atom is -0.337 e. The van der Waals surface area contributed by atoms with E-state index in [0.29, 0.717) is 45.6 Å². The Hall–Kier alpha value is -3.34. The Morgan fingerprint density at radius 1 is 1.21 bits per heavy atom. The van der Waals surface area contributed by atoms with Gasteiger partial charge in [0.05, 0.1) is 12.3 Å². The highest BCUT2D eigenvalue weighted by molar-refractivity contribution is 5.95. The zero-order chi connectivity index (χ0) is 22.9. The predicted octanol–water partition coefficient (Wildman–Crippen LogP) is 0.328. The number of amides is 2. The second-order valence-corrected chi connectivity index (χ2v) is 8.82. The maximum Gasteiger partial charge on any atom is 0.291 e. The first kappa shape index (κ1) is 21.5. The third kappa shape index (κ3) is 4.58. The van der Waals surface area contributed by atoms with Crippen molar-refractivity contribution in [2.75, 3.05) is 33.2 Å². The van der Waals surface area contributed by atoms with Crippen LogP contribution in [-0.4, -0.2) is 98.7 Å². The molecule has 0 aliphatic carbocycles. The van der Waals surface area contributed by atoms with Gasteiger partial charge in [-0.25, -0.2) is 14.1 Å². The molecule has 1 aromatic heterocycles. The summed E-state index contributed by atoms with van der Waals surface area (Å²) in [6.45, 7) is 2.57. The summed E-state index contributed by atoms with van der Waals surface area (Å²) in [7, 11) is 1.73. The molecule has 4 heterocycles. The van der Waals surface area contributed by atoms with Gasteiger partial charge in [-0.2, -0.15) is 5.10 Å². The van der Waals surface area contributed by atoms with Gasteiger partial charge in [-0.1, -0.05) is 30.3 Å². The van der Waals surface area contributed by atoms with E-state index in [2.05, 4.69) is 20.5 Å². The molecule has 2 unspecified atom stereocenters. The molecule has 10 nitrogen and oxygen atoms in total. The number of hydrazone groups is 1. The fourth-order valence-corrected chi connectivity index (χ4v) is 4.51. The number of carbonyl (C=O) groups is 2. The normalized spacial score (nSPS) is 23.7. The third-order valence-electron chi connectivity index (χ3n) is 6.32. The van der Waals surface area contributed by atoms with Gasteiger partial charge in [0, 0.05) is 39.6 Å². The Balaban J connectivity index is 1.19. The van der Waals surface area contributed by atoms with E-state index < -0.39 is 18.1 Å². The molecule has 1 N–H and O–H groups in total. The zero-order valence-electron chi connectivity index (χ0n) is 18.5. The number of hydrogen-bond acceptors (Lipinski definition) is 7. The Bertz CT molecular complexity index is 1050. The molecule has 0 saturated carbocycles. The van der Waals surface area contributed by atoms with Crippen molar-refractivity contribution in [2.45, 2.75) is 37.8 Å². The first-order chi connectivity index (χ1) is 16.0. The first-order valence-electron chi connectivity index (χ1n) is 11.2. The summed E-state index contributed by atoms with van der Waals surface area (Å²) in [6.07, 6.45) is 1.65. The van der Waals surface area contributed by atoms with Crippen molar-refractivity contribution >= 4 is 17.5 Å². The van der Waals surface area contributed by atoms with Crippen LogP contribution in [0.2, 0.25) is 0 Å². The van der Waals surface area contributed by atoms with E-state index in [4.69, 9.17) is 0 Å². The fourth-order valence-electron chi connectivity index (χ4n) is 4.51. The molecule has 33 heavy (non-hydrogen) atoms. The van der Waals surface area contributed by atoms with E-state index in [9.17, 15) is 14.0 Å².